The second-order valence-electron chi connectivity index (χ2n) is 6.01. The first-order valence-electron chi connectivity index (χ1n) is 6.60. The first-order valence-corrected chi connectivity index (χ1v) is 7.97. The SMILES string of the molecule is Cc1cccc(Cl)c1NC1=NC(C(C)(C)C)CCS1. The number of aryl methyl sites for hydroxylation is 1. The van der Waals surface area contributed by atoms with Gasteiger partial charge in [0.05, 0.1) is 16.8 Å². The molecule has 1 aliphatic rings. The van der Waals surface area contributed by atoms with E-state index in [9.17, 15) is 0 Å². The standard InChI is InChI=1S/C15H21ClN2S/c1-10-6-5-7-11(16)13(10)18-14-17-12(8-9-19-14)15(2,3)4/h5-7,12H,8-9H2,1-4H3,(H,17,18). The van der Waals surface area contributed by atoms with Gasteiger partial charge in [0.2, 0.25) is 0 Å². The van der Waals surface area contributed by atoms with E-state index < -0.39 is 0 Å². The van der Waals surface area contributed by atoms with Crippen LogP contribution in [0.1, 0.15) is 32.8 Å². The molecule has 0 aromatic heterocycles. The van der Waals surface area contributed by atoms with E-state index in [1.54, 1.807) is 11.8 Å². The Labute approximate surface area is 125 Å². The lowest BCUT2D eigenvalue weighted by molar-refractivity contribution is 0.316. The maximum absolute atomic E-state index is 6.25. The summed E-state index contributed by atoms with van der Waals surface area (Å²) in [6.45, 7) is 8.80. The quantitative estimate of drug-likeness (QED) is 0.791. The molecule has 0 radical (unpaired) electrons. The van der Waals surface area contributed by atoms with Crippen LogP contribution in [-0.2, 0) is 0 Å². The Bertz CT molecular complexity index is 471. The summed E-state index contributed by atoms with van der Waals surface area (Å²) in [5, 5.41) is 5.14. The van der Waals surface area contributed by atoms with Gasteiger partial charge >= 0.3 is 0 Å². The monoisotopic (exact) mass is 296 g/mol. The van der Waals surface area contributed by atoms with Crippen LogP contribution in [0.4, 0.5) is 5.69 Å². The molecule has 0 saturated carbocycles. The molecule has 2 nitrogen and oxygen atoms in total. The fraction of sp³-hybridized carbons (Fsp3) is 0.533. The van der Waals surface area contributed by atoms with Gasteiger partial charge in [-0.15, -0.1) is 0 Å². The number of rotatable bonds is 1. The fourth-order valence-corrected chi connectivity index (χ4v) is 3.28. The van der Waals surface area contributed by atoms with Crippen LogP contribution in [0.5, 0.6) is 0 Å². The first kappa shape index (κ1) is 14.7. The average Bonchev–Trinajstić information content (AvgIpc) is 2.33. The Morgan fingerprint density at radius 1 is 1.37 bits per heavy atom. The van der Waals surface area contributed by atoms with Crippen LogP contribution in [-0.4, -0.2) is 17.0 Å². The molecule has 19 heavy (non-hydrogen) atoms. The number of amidine groups is 1. The largest absolute Gasteiger partial charge is 0.334 e. The predicted octanol–water partition coefficient (Wildman–Crippen LogP) is 4.97. The highest BCUT2D eigenvalue weighted by Gasteiger charge is 2.27. The van der Waals surface area contributed by atoms with Crippen molar-refractivity contribution in [3.63, 3.8) is 0 Å². The lowest BCUT2D eigenvalue weighted by Gasteiger charge is -2.31. The van der Waals surface area contributed by atoms with Crippen molar-refractivity contribution < 1.29 is 0 Å². The zero-order chi connectivity index (χ0) is 14.0. The Kier molecular flexibility index (Phi) is 4.46. The van der Waals surface area contributed by atoms with E-state index in [0.717, 1.165) is 33.6 Å². The first-order chi connectivity index (χ1) is 8.88. The minimum atomic E-state index is 0.212. The predicted molar refractivity (Wildman–Crippen MR) is 87.6 cm³/mol. The van der Waals surface area contributed by atoms with E-state index in [-0.39, 0.29) is 5.41 Å². The molecule has 104 valence electrons. The normalized spacial score (nSPS) is 20.1. The van der Waals surface area contributed by atoms with E-state index in [2.05, 4.69) is 39.1 Å². The molecule has 0 bridgehead atoms. The van der Waals surface area contributed by atoms with Crippen LogP contribution in [0.3, 0.4) is 0 Å². The summed E-state index contributed by atoms with van der Waals surface area (Å²) in [6.07, 6.45) is 1.14. The van der Waals surface area contributed by atoms with E-state index in [1.165, 1.54) is 0 Å². The maximum atomic E-state index is 6.25. The maximum Gasteiger partial charge on any atom is 0.161 e. The average molecular weight is 297 g/mol. The molecule has 0 amide bonds. The summed E-state index contributed by atoms with van der Waals surface area (Å²) < 4.78 is 0. The van der Waals surface area contributed by atoms with Gasteiger partial charge in [0.1, 0.15) is 0 Å². The summed E-state index contributed by atoms with van der Waals surface area (Å²) in [5.41, 5.74) is 2.34. The number of hydrogen-bond donors (Lipinski definition) is 1. The van der Waals surface area contributed by atoms with Crippen molar-refractivity contribution in [3.8, 4) is 0 Å². The molecular weight excluding hydrogens is 276 g/mol. The molecule has 4 heteroatoms. The van der Waals surface area contributed by atoms with E-state index in [0.29, 0.717) is 6.04 Å². The van der Waals surface area contributed by atoms with Gasteiger partial charge in [-0.1, -0.05) is 56.3 Å². The minimum absolute atomic E-state index is 0.212. The molecule has 1 aromatic carbocycles. The van der Waals surface area contributed by atoms with Gasteiger partial charge in [-0.3, -0.25) is 4.99 Å². The minimum Gasteiger partial charge on any atom is -0.334 e. The molecule has 0 saturated heterocycles. The molecule has 2 rings (SSSR count). The van der Waals surface area contributed by atoms with Crippen LogP contribution in [0, 0.1) is 12.3 Å². The third-order valence-electron chi connectivity index (χ3n) is 3.36. The van der Waals surface area contributed by atoms with Crippen molar-refractivity contribution in [2.75, 3.05) is 11.1 Å². The van der Waals surface area contributed by atoms with Gasteiger partial charge in [-0.25, -0.2) is 0 Å². The summed E-state index contributed by atoms with van der Waals surface area (Å²) in [5.74, 6) is 1.11. The van der Waals surface area contributed by atoms with Crippen molar-refractivity contribution in [1.29, 1.82) is 0 Å². The van der Waals surface area contributed by atoms with Crippen molar-refractivity contribution in [3.05, 3.63) is 28.8 Å². The molecule has 1 aromatic rings. The van der Waals surface area contributed by atoms with Gasteiger partial charge in [-0.05, 0) is 30.4 Å². The number of nitrogens with zero attached hydrogens (tertiary/aromatic N) is 1. The second-order valence-corrected chi connectivity index (χ2v) is 7.50. The van der Waals surface area contributed by atoms with Crippen molar-refractivity contribution in [1.82, 2.24) is 0 Å². The van der Waals surface area contributed by atoms with Gasteiger partial charge in [0.15, 0.2) is 5.17 Å². The smallest absolute Gasteiger partial charge is 0.161 e. The van der Waals surface area contributed by atoms with Crippen LogP contribution in [0.2, 0.25) is 5.02 Å². The van der Waals surface area contributed by atoms with Crippen LogP contribution < -0.4 is 5.32 Å². The van der Waals surface area contributed by atoms with Crippen LogP contribution in [0.25, 0.3) is 0 Å². The molecular formula is C15H21ClN2S. The molecule has 0 spiro atoms. The van der Waals surface area contributed by atoms with Crippen molar-refractivity contribution >= 4 is 34.2 Å². The zero-order valence-electron chi connectivity index (χ0n) is 12.0. The topological polar surface area (TPSA) is 24.4 Å². The lowest BCUT2D eigenvalue weighted by Crippen LogP contribution is -2.30. The summed E-state index contributed by atoms with van der Waals surface area (Å²) >= 11 is 8.02. The molecule has 1 aliphatic heterocycles. The van der Waals surface area contributed by atoms with E-state index in [4.69, 9.17) is 16.6 Å². The molecule has 1 atom stereocenters. The number of para-hydroxylation sites is 1. The highest BCUT2D eigenvalue weighted by atomic mass is 35.5. The summed E-state index contributed by atoms with van der Waals surface area (Å²) in [7, 11) is 0. The number of anilines is 1. The number of halogens is 1. The van der Waals surface area contributed by atoms with Crippen molar-refractivity contribution in [2.45, 2.75) is 40.2 Å². The third-order valence-corrected chi connectivity index (χ3v) is 4.59. The van der Waals surface area contributed by atoms with Gasteiger partial charge in [-0.2, -0.15) is 0 Å². The molecule has 0 aliphatic carbocycles. The van der Waals surface area contributed by atoms with Gasteiger partial charge in [0, 0.05) is 5.75 Å². The number of benzene rings is 1. The van der Waals surface area contributed by atoms with E-state index in [1.807, 2.05) is 12.1 Å². The van der Waals surface area contributed by atoms with Gasteiger partial charge in [0.25, 0.3) is 0 Å². The van der Waals surface area contributed by atoms with E-state index >= 15 is 0 Å². The lowest BCUT2D eigenvalue weighted by atomic mass is 9.85. The summed E-state index contributed by atoms with van der Waals surface area (Å²) in [6, 6.07) is 6.31. The molecule has 0 fully saturated rings. The number of hydrogen-bond acceptors (Lipinski definition) is 3. The number of thioether (sulfide) groups is 1. The Balaban J connectivity index is 2.21. The third kappa shape index (κ3) is 3.67. The highest BCUT2D eigenvalue weighted by molar-refractivity contribution is 8.14. The fourth-order valence-electron chi connectivity index (χ4n) is 2.10. The number of aliphatic imine (C=N–C) groups is 1. The Hall–Kier alpha value is -0.670. The Morgan fingerprint density at radius 3 is 2.74 bits per heavy atom. The molecule has 1 unspecified atom stereocenters. The molecule has 1 N–H and O–H groups in total. The zero-order valence-corrected chi connectivity index (χ0v) is 13.5. The second kappa shape index (κ2) is 5.76. The summed E-state index contributed by atoms with van der Waals surface area (Å²) in [4.78, 5) is 4.84. The highest BCUT2D eigenvalue weighted by Crippen LogP contribution is 2.32. The Morgan fingerprint density at radius 2 is 2.11 bits per heavy atom. The number of nitrogens with one attached hydrogen (secondary N) is 1. The van der Waals surface area contributed by atoms with Crippen molar-refractivity contribution in [2.24, 2.45) is 10.4 Å². The van der Waals surface area contributed by atoms with Crippen LogP contribution >= 0.6 is 23.4 Å². The van der Waals surface area contributed by atoms with Crippen LogP contribution in [0.15, 0.2) is 23.2 Å². The molecule has 1 heterocycles. The van der Waals surface area contributed by atoms with Gasteiger partial charge < -0.3 is 5.32 Å².